The molecule has 5 heteroatoms. The van der Waals surface area contributed by atoms with Gasteiger partial charge >= 0.3 is 0 Å². The molecule has 1 aliphatic heterocycles. The minimum atomic E-state index is 0.0413. The minimum absolute atomic E-state index is 0.0413. The maximum Gasteiger partial charge on any atom is 0.227 e. The van der Waals surface area contributed by atoms with Crippen LogP contribution in [0.1, 0.15) is 40.4 Å². The van der Waals surface area contributed by atoms with Crippen LogP contribution in [0.25, 0.3) is 11.0 Å². The summed E-state index contributed by atoms with van der Waals surface area (Å²) in [4.78, 5) is 20.1. The number of benzene rings is 3. The summed E-state index contributed by atoms with van der Waals surface area (Å²) in [6.45, 7) is 10.2. The van der Waals surface area contributed by atoms with Crippen molar-refractivity contribution in [1.29, 1.82) is 0 Å². The Morgan fingerprint density at radius 2 is 1.62 bits per heavy atom. The van der Waals surface area contributed by atoms with Gasteiger partial charge in [-0.25, -0.2) is 4.98 Å². The Labute approximate surface area is 201 Å². The fourth-order valence-corrected chi connectivity index (χ4v) is 5.10. The molecule has 1 fully saturated rings. The topological polar surface area (TPSA) is 47.4 Å². The zero-order chi connectivity index (χ0) is 23.8. The number of hydrogen-bond acceptors (Lipinski definition) is 3. The minimum Gasteiger partial charge on any atom is -0.491 e. The number of para-hydroxylation sites is 3. The molecule has 5 nitrogen and oxygen atoms in total. The van der Waals surface area contributed by atoms with Crippen LogP contribution in [-0.2, 0) is 11.3 Å². The number of anilines is 1. The highest BCUT2D eigenvalue weighted by Gasteiger charge is 2.35. The molecule has 2 heterocycles. The summed E-state index contributed by atoms with van der Waals surface area (Å²) >= 11 is 0. The third-order valence-corrected chi connectivity index (χ3v) is 7.01. The molecule has 0 saturated carbocycles. The zero-order valence-electron chi connectivity index (χ0n) is 20.3. The van der Waals surface area contributed by atoms with Crippen LogP contribution >= 0.6 is 0 Å². The van der Waals surface area contributed by atoms with E-state index < -0.39 is 0 Å². The third kappa shape index (κ3) is 3.96. The van der Waals surface area contributed by atoms with E-state index in [0.29, 0.717) is 26.1 Å². The van der Waals surface area contributed by atoms with E-state index in [9.17, 15) is 4.79 Å². The summed E-state index contributed by atoms with van der Waals surface area (Å²) in [6, 6.07) is 20.5. The van der Waals surface area contributed by atoms with Crippen LogP contribution in [0, 0.1) is 27.7 Å². The molecule has 3 aromatic carbocycles. The second-order valence-corrected chi connectivity index (χ2v) is 9.30. The molecular formula is C29H31N3O2. The number of aromatic nitrogens is 2. The smallest absolute Gasteiger partial charge is 0.227 e. The van der Waals surface area contributed by atoms with Gasteiger partial charge in [0, 0.05) is 24.6 Å². The highest BCUT2D eigenvalue weighted by molar-refractivity contribution is 5.98. The number of amides is 1. The summed E-state index contributed by atoms with van der Waals surface area (Å²) in [5, 5.41) is 0. The Morgan fingerprint density at radius 3 is 2.41 bits per heavy atom. The molecule has 1 amide bonds. The predicted molar refractivity (Wildman–Crippen MR) is 137 cm³/mol. The van der Waals surface area contributed by atoms with E-state index in [1.54, 1.807) is 0 Å². The van der Waals surface area contributed by atoms with Crippen LogP contribution in [0.4, 0.5) is 5.69 Å². The Bertz CT molecular complexity index is 1350. The highest BCUT2D eigenvalue weighted by atomic mass is 16.5. The average Bonchev–Trinajstić information content (AvgIpc) is 3.37. The average molecular weight is 454 g/mol. The lowest BCUT2D eigenvalue weighted by Crippen LogP contribution is -2.26. The van der Waals surface area contributed by atoms with Gasteiger partial charge < -0.3 is 14.2 Å². The standard InChI is InChI=1S/C29H31N3O2/c1-19-9-8-14-26(22(19)4)34-16-15-31-25-13-6-5-12-24(25)30-29(31)23-17-27(33)32(18-23)28-20(2)10-7-11-21(28)3/h5-14,23H,15-18H2,1-4H3/t23-/m0/s1. The summed E-state index contributed by atoms with van der Waals surface area (Å²) in [7, 11) is 0. The van der Waals surface area contributed by atoms with Gasteiger partial charge in [0.2, 0.25) is 5.91 Å². The van der Waals surface area contributed by atoms with Crippen molar-refractivity contribution in [1.82, 2.24) is 9.55 Å². The number of carbonyl (C=O) groups is 1. The normalized spacial score (nSPS) is 15.9. The van der Waals surface area contributed by atoms with Gasteiger partial charge in [0.15, 0.2) is 0 Å². The number of fused-ring (bicyclic) bond motifs is 1. The monoisotopic (exact) mass is 453 g/mol. The SMILES string of the molecule is Cc1cccc(OCCn2c([C@H]3CC(=O)N(c4c(C)cccc4C)C3)nc3ccccc32)c1C. The van der Waals surface area contributed by atoms with Crippen molar-refractivity contribution < 1.29 is 9.53 Å². The lowest BCUT2D eigenvalue weighted by molar-refractivity contribution is -0.117. The van der Waals surface area contributed by atoms with Crippen LogP contribution < -0.4 is 9.64 Å². The van der Waals surface area contributed by atoms with Crippen molar-refractivity contribution in [2.75, 3.05) is 18.1 Å². The second kappa shape index (κ2) is 8.98. The number of rotatable bonds is 6. The van der Waals surface area contributed by atoms with E-state index >= 15 is 0 Å². The molecule has 0 N–H and O–H groups in total. The molecule has 174 valence electrons. The van der Waals surface area contributed by atoms with Gasteiger partial charge in [0.1, 0.15) is 18.2 Å². The first-order valence-electron chi connectivity index (χ1n) is 11.9. The van der Waals surface area contributed by atoms with Gasteiger partial charge in [-0.05, 0) is 68.1 Å². The summed E-state index contributed by atoms with van der Waals surface area (Å²) in [6.07, 6.45) is 0.467. The van der Waals surface area contributed by atoms with Crippen molar-refractivity contribution in [2.45, 2.75) is 46.6 Å². The molecule has 4 aromatic rings. The van der Waals surface area contributed by atoms with Crippen LogP contribution in [0.2, 0.25) is 0 Å². The molecule has 1 saturated heterocycles. The number of carbonyl (C=O) groups excluding carboxylic acids is 1. The van der Waals surface area contributed by atoms with Crippen LogP contribution in [0.3, 0.4) is 0 Å². The Morgan fingerprint density at radius 1 is 0.912 bits per heavy atom. The third-order valence-electron chi connectivity index (χ3n) is 7.01. The molecule has 34 heavy (non-hydrogen) atoms. The number of aryl methyl sites for hydroxylation is 3. The molecule has 1 aliphatic rings. The van der Waals surface area contributed by atoms with Crippen LogP contribution in [0.15, 0.2) is 60.7 Å². The van der Waals surface area contributed by atoms with E-state index in [-0.39, 0.29) is 11.8 Å². The van der Waals surface area contributed by atoms with Crippen molar-refractivity contribution in [3.8, 4) is 5.75 Å². The fourth-order valence-electron chi connectivity index (χ4n) is 5.10. The molecule has 5 rings (SSSR count). The molecule has 1 atom stereocenters. The van der Waals surface area contributed by atoms with E-state index in [2.05, 4.69) is 56.5 Å². The first-order chi connectivity index (χ1) is 16.4. The fraction of sp³-hybridized carbons (Fsp3) is 0.310. The van der Waals surface area contributed by atoms with E-state index in [1.807, 2.05) is 41.3 Å². The van der Waals surface area contributed by atoms with Gasteiger partial charge in [0.25, 0.3) is 0 Å². The highest BCUT2D eigenvalue weighted by Crippen LogP contribution is 2.36. The summed E-state index contributed by atoms with van der Waals surface area (Å²) in [5.74, 6) is 2.09. The van der Waals surface area contributed by atoms with Gasteiger partial charge in [-0.3, -0.25) is 4.79 Å². The van der Waals surface area contributed by atoms with Crippen LogP contribution in [-0.4, -0.2) is 28.6 Å². The molecule has 0 aliphatic carbocycles. The van der Waals surface area contributed by atoms with Crippen molar-refractivity contribution in [3.05, 3.63) is 88.7 Å². The largest absolute Gasteiger partial charge is 0.491 e. The predicted octanol–water partition coefficient (Wildman–Crippen LogP) is 5.87. The Balaban J connectivity index is 1.43. The van der Waals surface area contributed by atoms with Gasteiger partial charge in [-0.2, -0.15) is 0 Å². The molecular weight excluding hydrogens is 422 g/mol. The van der Waals surface area contributed by atoms with E-state index in [0.717, 1.165) is 39.4 Å². The van der Waals surface area contributed by atoms with Gasteiger partial charge in [0.05, 0.1) is 17.6 Å². The zero-order valence-corrected chi connectivity index (χ0v) is 20.3. The quantitative estimate of drug-likeness (QED) is 0.367. The first kappa shape index (κ1) is 22.2. The van der Waals surface area contributed by atoms with Gasteiger partial charge in [-0.15, -0.1) is 0 Å². The van der Waals surface area contributed by atoms with Crippen molar-refractivity contribution in [2.24, 2.45) is 0 Å². The van der Waals surface area contributed by atoms with Crippen molar-refractivity contribution >= 4 is 22.6 Å². The lowest BCUT2D eigenvalue weighted by Gasteiger charge is -2.21. The number of nitrogens with zero attached hydrogens (tertiary/aromatic N) is 3. The number of ether oxygens (including phenoxy) is 1. The molecule has 0 unspecified atom stereocenters. The lowest BCUT2D eigenvalue weighted by atomic mass is 10.1. The van der Waals surface area contributed by atoms with Gasteiger partial charge in [-0.1, -0.05) is 42.5 Å². The van der Waals surface area contributed by atoms with Crippen molar-refractivity contribution in [3.63, 3.8) is 0 Å². The number of imidazole rings is 1. The molecule has 0 spiro atoms. The van der Waals surface area contributed by atoms with E-state index in [4.69, 9.17) is 9.72 Å². The van der Waals surface area contributed by atoms with E-state index in [1.165, 1.54) is 11.1 Å². The molecule has 0 radical (unpaired) electrons. The summed E-state index contributed by atoms with van der Waals surface area (Å²) in [5.41, 5.74) is 7.73. The Hall–Kier alpha value is -3.60. The second-order valence-electron chi connectivity index (χ2n) is 9.30. The maximum atomic E-state index is 13.1. The first-order valence-corrected chi connectivity index (χ1v) is 11.9. The number of hydrogen-bond donors (Lipinski definition) is 0. The summed E-state index contributed by atoms with van der Waals surface area (Å²) < 4.78 is 8.42. The molecule has 1 aromatic heterocycles. The van der Waals surface area contributed by atoms with Crippen LogP contribution in [0.5, 0.6) is 5.75 Å². The Kier molecular flexibility index (Phi) is 5.86. The maximum absolute atomic E-state index is 13.1. The molecule has 0 bridgehead atoms.